The number of hydrogen-bond acceptors (Lipinski definition) is 7. The first-order chi connectivity index (χ1) is 14.2. The second-order valence-electron chi connectivity index (χ2n) is 7.40. The minimum Gasteiger partial charge on any atom is -0.493 e. The van der Waals surface area contributed by atoms with Gasteiger partial charge < -0.3 is 33.2 Å². The van der Waals surface area contributed by atoms with Crippen molar-refractivity contribution in [3.63, 3.8) is 0 Å². The molecule has 2 aromatic carbocycles. The summed E-state index contributed by atoms with van der Waals surface area (Å²) >= 11 is 0. The van der Waals surface area contributed by atoms with Gasteiger partial charge >= 0.3 is 0 Å². The third-order valence-corrected chi connectivity index (χ3v) is 6.16. The van der Waals surface area contributed by atoms with E-state index in [1.54, 1.807) is 21.3 Å². The number of rotatable bonds is 5. The molecule has 0 aromatic heterocycles. The van der Waals surface area contributed by atoms with E-state index in [4.69, 9.17) is 28.4 Å². The lowest BCUT2D eigenvalue weighted by Gasteiger charge is -2.35. The largest absolute Gasteiger partial charge is 0.493 e. The minimum atomic E-state index is -0.264. The number of methoxy groups -OCH3 is 3. The smallest absolute Gasteiger partial charge is 0.231 e. The molecule has 7 heteroatoms. The Kier molecular flexibility index (Phi) is 4.28. The molecule has 5 rings (SSSR count). The van der Waals surface area contributed by atoms with Gasteiger partial charge in [0.25, 0.3) is 0 Å². The Morgan fingerprint density at radius 3 is 2.17 bits per heavy atom. The Morgan fingerprint density at radius 2 is 1.59 bits per heavy atom. The zero-order valence-electron chi connectivity index (χ0n) is 16.5. The molecule has 2 aromatic rings. The summed E-state index contributed by atoms with van der Waals surface area (Å²) < 4.78 is 33.8. The summed E-state index contributed by atoms with van der Waals surface area (Å²) in [5.41, 5.74) is 3.02. The van der Waals surface area contributed by atoms with Crippen LogP contribution >= 0.6 is 0 Å². The van der Waals surface area contributed by atoms with E-state index in [-0.39, 0.29) is 30.7 Å². The van der Waals surface area contributed by atoms with E-state index in [1.165, 1.54) is 0 Å². The molecule has 2 heterocycles. The summed E-state index contributed by atoms with van der Waals surface area (Å²) in [6.07, 6.45) is 0.751. The van der Waals surface area contributed by atoms with Gasteiger partial charge in [0.1, 0.15) is 6.29 Å². The van der Waals surface area contributed by atoms with Crippen LogP contribution < -0.4 is 23.7 Å². The molecule has 2 bridgehead atoms. The second kappa shape index (κ2) is 6.84. The predicted molar refractivity (Wildman–Crippen MR) is 102 cm³/mol. The molecule has 4 atom stereocenters. The van der Waals surface area contributed by atoms with Crippen LogP contribution in [-0.4, -0.2) is 41.0 Å². The lowest BCUT2D eigenvalue weighted by Crippen LogP contribution is -2.29. The molecular weight excluding hydrogens is 376 g/mol. The molecular formula is C22H22O7. The van der Waals surface area contributed by atoms with E-state index in [0.29, 0.717) is 35.4 Å². The van der Waals surface area contributed by atoms with Crippen molar-refractivity contribution < 1.29 is 33.2 Å². The van der Waals surface area contributed by atoms with E-state index in [2.05, 4.69) is 0 Å². The number of fused-ring (bicyclic) bond motifs is 5. The average molecular weight is 398 g/mol. The Bertz CT molecular complexity index is 945. The first kappa shape index (κ1) is 18.1. The molecule has 1 fully saturated rings. The summed E-state index contributed by atoms with van der Waals surface area (Å²) in [5.74, 6) is 2.78. The van der Waals surface area contributed by atoms with E-state index in [0.717, 1.165) is 23.0 Å². The molecule has 0 unspecified atom stereocenters. The van der Waals surface area contributed by atoms with E-state index < -0.39 is 0 Å². The maximum absolute atomic E-state index is 12.0. The first-order valence-electron chi connectivity index (χ1n) is 9.50. The van der Waals surface area contributed by atoms with Gasteiger partial charge in [0.05, 0.1) is 40.0 Å². The van der Waals surface area contributed by atoms with Gasteiger partial charge in [0.2, 0.25) is 12.5 Å². The third-order valence-electron chi connectivity index (χ3n) is 6.16. The highest BCUT2D eigenvalue weighted by atomic mass is 16.7. The molecule has 0 spiro atoms. The fourth-order valence-corrected chi connectivity index (χ4v) is 4.88. The zero-order valence-corrected chi connectivity index (χ0v) is 16.5. The van der Waals surface area contributed by atoms with Gasteiger partial charge in [0.15, 0.2) is 23.0 Å². The van der Waals surface area contributed by atoms with Crippen molar-refractivity contribution in [1.82, 2.24) is 0 Å². The third kappa shape index (κ3) is 2.57. The summed E-state index contributed by atoms with van der Waals surface area (Å²) in [6.45, 7) is 0.690. The van der Waals surface area contributed by atoms with Crippen LogP contribution in [0.3, 0.4) is 0 Å². The Labute approximate surface area is 168 Å². The van der Waals surface area contributed by atoms with Gasteiger partial charge in [-0.2, -0.15) is 0 Å². The molecule has 3 aliphatic rings. The van der Waals surface area contributed by atoms with Gasteiger partial charge in [-0.15, -0.1) is 0 Å². The Hall–Kier alpha value is -2.93. The lowest BCUT2D eigenvalue weighted by atomic mass is 9.67. The van der Waals surface area contributed by atoms with Gasteiger partial charge in [-0.3, -0.25) is 0 Å². The quantitative estimate of drug-likeness (QED) is 0.717. The predicted octanol–water partition coefficient (Wildman–Crippen LogP) is 3.09. The van der Waals surface area contributed by atoms with Gasteiger partial charge in [0, 0.05) is 11.8 Å². The van der Waals surface area contributed by atoms with Crippen LogP contribution in [0.15, 0.2) is 24.3 Å². The second-order valence-corrected chi connectivity index (χ2v) is 7.40. The number of aldehydes is 1. The molecule has 1 saturated heterocycles. The van der Waals surface area contributed by atoms with E-state index >= 15 is 0 Å². The lowest BCUT2D eigenvalue weighted by molar-refractivity contribution is -0.113. The van der Waals surface area contributed by atoms with Crippen molar-refractivity contribution in [3.05, 3.63) is 41.0 Å². The summed E-state index contributed by atoms with van der Waals surface area (Å²) in [4.78, 5) is 12.0. The van der Waals surface area contributed by atoms with Crippen molar-refractivity contribution in [2.24, 2.45) is 11.8 Å². The molecule has 0 saturated carbocycles. The van der Waals surface area contributed by atoms with Crippen molar-refractivity contribution in [2.45, 2.75) is 12.0 Å². The van der Waals surface area contributed by atoms with Crippen LogP contribution in [0.1, 0.15) is 28.7 Å². The van der Waals surface area contributed by atoms with E-state index in [1.807, 2.05) is 24.3 Å². The SMILES string of the molecule is COc1cc([C@@H]2c3cc4c(cc3[C@H]3OC[C@@H]2[C@@H]3C=O)OCO4)cc(OC)c1OC. The molecule has 2 aliphatic heterocycles. The highest BCUT2D eigenvalue weighted by Gasteiger charge is 2.50. The molecule has 152 valence electrons. The first-order valence-corrected chi connectivity index (χ1v) is 9.50. The fraction of sp³-hybridized carbons (Fsp3) is 0.409. The zero-order chi connectivity index (χ0) is 20.1. The number of hydrogen-bond donors (Lipinski definition) is 0. The van der Waals surface area contributed by atoms with E-state index in [9.17, 15) is 4.79 Å². The van der Waals surface area contributed by atoms with Gasteiger partial charge in [-0.25, -0.2) is 0 Å². The molecule has 0 radical (unpaired) electrons. The molecule has 0 amide bonds. The molecule has 0 N–H and O–H groups in total. The highest BCUT2D eigenvalue weighted by molar-refractivity contribution is 5.64. The fourth-order valence-electron chi connectivity index (χ4n) is 4.88. The van der Waals surface area contributed by atoms with Crippen LogP contribution in [0.25, 0.3) is 0 Å². The summed E-state index contributed by atoms with van der Waals surface area (Å²) in [5, 5.41) is 0. The van der Waals surface area contributed by atoms with Crippen molar-refractivity contribution in [2.75, 3.05) is 34.7 Å². The van der Waals surface area contributed by atoms with Crippen LogP contribution in [0, 0.1) is 11.8 Å². The number of ether oxygens (including phenoxy) is 6. The van der Waals surface area contributed by atoms with Crippen molar-refractivity contribution >= 4 is 6.29 Å². The Balaban J connectivity index is 1.72. The highest BCUT2D eigenvalue weighted by Crippen LogP contribution is 2.57. The molecule has 1 aliphatic carbocycles. The van der Waals surface area contributed by atoms with Gasteiger partial charge in [-0.05, 0) is 41.0 Å². The Morgan fingerprint density at radius 1 is 0.931 bits per heavy atom. The maximum atomic E-state index is 12.0. The van der Waals surface area contributed by atoms with Crippen LogP contribution in [0.5, 0.6) is 28.7 Å². The maximum Gasteiger partial charge on any atom is 0.231 e. The number of benzene rings is 2. The molecule has 7 nitrogen and oxygen atoms in total. The number of carbonyl (C=O) groups is 1. The normalized spacial score (nSPS) is 26.0. The topological polar surface area (TPSA) is 72.5 Å². The van der Waals surface area contributed by atoms with Crippen LogP contribution in [0.4, 0.5) is 0 Å². The van der Waals surface area contributed by atoms with Crippen molar-refractivity contribution in [1.29, 1.82) is 0 Å². The minimum absolute atomic E-state index is 0.00757. The van der Waals surface area contributed by atoms with Crippen LogP contribution in [0.2, 0.25) is 0 Å². The monoisotopic (exact) mass is 398 g/mol. The average Bonchev–Trinajstić information content (AvgIpc) is 3.35. The number of carbonyl (C=O) groups excluding carboxylic acids is 1. The van der Waals surface area contributed by atoms with Gasteiger partial charge in [-0.1, -0.05) is 0 Å². The molecule has 29 heavy (non-hydrogen) atoms. The standard InChI is InChI=1S/C22H22O7/c1-24-18-4-11(5-19(25-2)22(18)26-3)20-12-6-16-17(29-10-28-16)7-13(12)21-14(8-23)15(20)9-27-21/h4-8,14-15,20-21H,9-10H2,1-3H3/t14-,15+,20+,21+/m0/s1. The summed E-state index contributed by atoms with van der Waals surface area (Å²) in [7, 11) is 4.77. The van der Waals surface area contributed by atoms with Crippen molar-refractivity contribution in [3.8, 4) is 28.7 Å². The summed E-state index contributed by atoms with van der Waals surface area (Å²) in [6, 6.07) is 7.86. The van der Waals surface area contributed by atoms with Crippen LogP contribution in [-0.2, 0) is 9.53 Å².